The molecule has 86 valence electrons. The average molecular weight is 219 g/mol. The van der Waals surface area contributed by atoms with Gasteiger partial charge in [-0.15, -0.1) is 0 Å². The van der Waals surface area contributed by atoms with Gasteiger partial charge in [-0.2, -0.15) is 0 Å². The molecule has 1 aromatic carbocycles. The summed E-state index contributed by atoms with van der Waals surface area (Å²) in [7, 11) is 0. The number of carbonyl (C=O) groups is 1. The Bertz CT molecular complexity index is 401. The Morgan fingerprint density at radius 3 is 3.00 bits per heavy atom. The molecule has 3 nitrogen and oxygen atoms in total. The number of benzene rings is 1. The van der Waals surface area contributed by atoms with Gasteiger partial charge in [0.05, 0.1) is 6.42 Å². The van der Waals surface area contributed by atoms with Crippen LogP contribution in [0.2, 0.25) is 0 Å². The molecule has 0 bridgehead atoms. The Kier molecular flexibility index (Phi) is 3.13. The van der Waals surface area contributed by atoms with E-state index in [0.29, 0.717) is 0 Å². The van der Waals surface area contributed by atoms with Crippen LogP contribution < -0.4 is 4.90 Å². The molecule has 0 saturated heterocycles. The van der Waals surface area contributed by atoms with E-state index in [4.69, 9.17) is 5.11 Å². The third-order valence-electron chi connectivity index (χ3n) is 3.06. The van der Waals surface area contributed by atoms with Crippen molar-refractivity contribution < 1.29 is 9.90 Å². The van der Waals surface area contributed by atoms with Gasteiger partial charge in [-0.3, -0.25) is 4.79 Å². The van der Waals surface area contributed by atoms with Gasteiger partial charge in [0.2, 0.25) is 0 Å². The van der Waals surface area contributed by atoms with Gasteiger partial charge in [-0.1, -0.05) is 19.1 Å². The zero-order valence-corrected chi connectivity index (χ0v) is 9.57. The van der Waals surface area contributed by atoms with Gasteiger partial charge in [0.25, 0.3) is 0 Å². The highest BCUT2D eigenvalue weighted by molar-refractivity contribution is 5.73. The fourth-order valence-corrected chi connectivity index (χ4v) is 2.40. The molecule has 0 atom stereocenters. The fraction of sp³-hybridized carbons (Fsp3) is 0.462. The highest BCUT2D eigenvalue weighted by Crippen LogP contribution is 2.30. The van der Waals surface area contributed by atoms with Crippen LogP contribution in [0.5, 0.6) is 0 Å². The molecule has 0 fully saturated rings. The van der Waals surface area contributed by atoms with Crippen LogP contribution in [0.3, 0.4) is 0 Å². The molecule has 0 aliphatic carbocycles. The molecule has 0 saturated carbocycles. The zero-order valence-electron chi connectivity index (χ0n) is 9.57. The highest BCUT2D eigenvalue weighted by atomic mass is 16.4. The Morgan fingerprint density at radius 1 is 1.50 bits per heavy atom. The Labute approximate surface area is 95.7 Å². The van der Waals surface area contributed by atoms with Crippen molar-refractivity contribution in [3.63, 3.8) is 0 Å². The summed E-state index contributed by atoms with van der Waals surface area (Å²) < 4.78 is 0. The first-order valence-corrected chi connectivity index (χ1v) is 5.80. The number of carboxylic acids is 1. The number of carboxylic acid groups (broad SMARTS) is 1. The SMILES string of the molecule is CCCN1CCc2c(CC(=O)O)cccc21. The van der Waals surface area contributed by atoms with Crippen molar-refractivity contribution >= 4 is 11.7 Å². The number of hydrogen-bond donors (Lipinski definition) is 1. The van der Waals surface area contributed by atoms with Crippen molar-refractivity contribution in [1.29, 1.82) is 0 Å². The molecule has 3 heteroatoms. The predicted octanol–water partition coefficient (Wildman–Crippen LogP) is 2.09. The molecule has 0 aromatic heterocycles. The second kappa shape index (κ2) is 4.56. The third kappa shape index (κ3) is 2.03. The summed E-state index contributed by atoms with van der Waals surface area (Å²) in [6.45, 7) is 4.25. The van der Waals surface area contributed by atoms with Crippen molar-refractivity contribution in [2.75, 3.05) is 18.0 Å². The van der Waals surface area contributed by atoms with Crippen molar-refractivity contribution in [2.45, 2.75) is 26.2 Å². The lowest BCUT2D eigenvalue weighted by Gasteiger charge is -2.18. The second-order valence-electron chi connectivity index (χ2n) is 4.22. The van der Waals surface area contributed by atoms with Gasteiger partial charge in [-0.05, 0) is 30.0 Å². The molecule has 1 heterocycles. The maximum Gasteiger partial charge on any atom is 0.307 e. The second-order valence-corrected chi connectivity index (χ2v) is 4.22. The van der Waals surface area contributed by atoms with E-state index in [1.165, 1.54) is 11.3 Å². The Hall–Kier alpha value is -1.51. The number of nitrogens with zero attached hydrogens (tertiary/aromatic N) is 1. The van der Waals surface area contributed by atoms with Crippen LogP contribution >= 0.6 is 0 Å². The van der Waals surface area contributed by atoms with Crippen LogP contribution in [-0.2, 0) is 17.6 Å². The summed E-state index contributed by atoms with van der Waals surface area (Å²) >= 11 is 0. The lowest BCUT2D eigenvalue weighted by atomic mass is 10.0. The molecule has 0 radical (unpaired) electrons. The molecule has 0 spiro atoms. The number of aliphatic carboxylic acids is 1. The number of hydrogen-bond acceptors (Lipinski definition) is 2. The lowest BCUT2D eigenvalue weighted by Crippen LogP contribution is -2.20. The van der Waals surface area contributed by atoms with Crippen LogP contribution in [0.4, 0.5) is 5.69 Å². The largest absolute Gasteiger partial charge is 0.481 e. The van der Waals surface area contributed by atoms with Crippen LogP contribution in [0, 0.1) is 0 Å². The maximum absolute atomic E-state index is 10.8. The van der Waals surface area contributed by atoms with E-state index in [0.717, 1.165) is 31.5 Å². The number of fused-ring (bicyclic) bond motifs is 1. The van der Waals surface area contributed by atoms with Gasteiger partial charge in [-0.25, -0.2) is 0 Å². The van der Waals surface area contributed by atoms with Crippen molar-refractivity contribution in [1.82, 2.24) is 0 Å². The summed E-state index contributed by atoms with van der Waals surface area (Å²) in [5.41, 5.74) is 3.45. The monoisotopic (exact) mass is 219 g/mol. The van der Waals surface area contributed by atoms with E-state index in [2.05, 4.69) is 17.9 Å². The highest BCUT2D eigenvalue weighted by Gasteiger charge is 2.21. The molecule has 16 heavy (non-hydrogen) atoms. The summed E-state index contributed by atoms with van der Waals surface area (Å²) in [5, 5.41) is 8.85. The van der Waals surface area contributed by atoms with Crippen LogP contribution in [0.15, 0.2) is 18.2 Å². The normalized spacial score (nSPS) is 13.9. The molecular formula is C13H17NO2. The minimum atomic E-state index is -0.748. The number of anilines is 1. The lowest BCUT2D eigenvalue weighted by molar-refractivity contribution is -0.136. The molecule has 1 aliphatic heterocycles. The minimum Gasteiger partial charge on any atom is -0.481 e. The predicted molar refractivity (Wildman–Crippen MR) is 64.0 cm³/mol. The Morgan fingerprint density at radius 2 is 2.31 bits per heavy atom. The first-order valence-electron chi connectivity index (χ1n) is 5.80. The standard InChI is InChI=1S/C13H17NO2/c1-2-7-14-8-6-11-10(9-13(15)16)4-3-5-12(11)14/h3-5H,2,6-9H2,1H3,(H,15,16). The Balaban J connectivity index is 2.28. The zero-order chi connectivity index (χ0) is 11.5. The first-order chi connectivity index (χ1) is 7.72. The van der Waals surface area contributed by atoms with Crippen LogP contribution in [-0.4, -0.2) is 24.2 Å². The van der Waals surface area contributed by atoms with Gasteiger partial charge in [0.1, 0.15) is 0 Å². The first kappa shape index (κ1) is 11.0. The summed E-state index contributed by atoms with van der Waals surface area (Å²) in [5.74, 6) is -0.748. The van der Waals surface area contributed by atoms with Crippen molar-refractivity contribution in [3.05, 3.63) is 29.3 Å². The van der Waals surface area contributed by atoms with Crippen LogP contribution in [0.25, 0.3) is 0 Å². The molecule has 0 unspecified atom stereocenters. The van der Waals surface area contributed by atoms with Crippen molar-refractivity contribution in [2.24, 2.45) is 0 Å². The van der Waals surface area contributed by atoms with Crippen LogP contribution in [0.1, 0.15) is 24.5 Å². The molecule has 1 aromatic rings. The molecule has 0 amide bonds. The van der Waals surface area contributed by atoms with E-state index < -0.39 is 5.97 Å². The van der Waals surface area contributed by atoms with Gasteiger partial charge in [0, 0.05) is 18.8 Å². The third-order valence-corrected chi connectivity index (χ3v) is 3.06. The topological polar surface area (TPSA) is 40.5 Å². The van der Waals surface area contributed by atoms with E-state index in [-0.39, 0.29) is 6.42 Å². The number of rotatable bonds is 4. The van der Waals surface area contributed by atoms with E-state index >= 15 is 0 Å². The average Bonchev–Trinajstić information content (AvgIpc) is 2.63. The molecule has 2 rings (SSSR count). The van der Waals surface area contributed by atoms with Gasteiger partial charge >= 0.3 is 5.97 Å². The molecular weight excluding hydrogens is 202 g/mol. The van der Waals surface area contributed by atoms with E-state index in [1.54, 1.807) is 0 Å². The van der Waals surface area contributed by atoms with E-state index in [1.807, 2.05) is 12.1 Å². The molecule has 1 N–H and O–H groups in total. The fourth-order valence-electron chi connectivity index (χ4n) is 2.40. The van der Waals surface area contributed by atoms with E-state index in [9.17, 15) is 4.79 Å². The van der Waals surface area contributed by atoms with Gasteiger partial charge < -0.3 is 10.0 Å². The summed E-state index contributed by atoms with van der Waals surface area (Å²) in [4.78, 5) is 13.1. The maximum atomic E-state index is 10.8. The minimum absolute atomic E-state index is 0.142. The smallest absolute Gasteiger partial charge is 0.307 e. The summed E-state index contributed by atoms with van der Waals surface area (Å²) in [6, 6.07) is 6.00. The van der Waals surface area contributed by atoms with Gasteiger partial charge in [0.15, 0.2) is 0 Å². The quantitative estimate of drug-likeness (QED) is 0.843. The molecule has 1 aliphatic rings. The summed E-state index contributed by atoms with van der Waals surface area (Å²) in [6.07, 6.45) is 2.25. The van der Waals surface area contributed by atoms with Crippen molar-refractivity contribution in [3.8, 4) is 0 Å².